The first-order chi connectivity index (χ1) is 28.5. The summed E-state index contributed by atoms with van der Waals surface area (Å²) in [6.07, 6.45) is -1.73. The number of hydrogen-bond acceptors (Lipinski definition) is 8. The Balaban J connectivity index is 1.63. The SMILES string of the molecule is Cc1cccc(C(C)(C)C)c1P(O)(O)(OCC(C)OCC(C)OCC(C)OP(O)(O)(c1c(C)cccc1C(C)(C)C)c1c(C)cccc1C(C)(C)C)c1c(C)cccc1C(C)(C)C. The van der Waals surface area contributed by atoms with E-state index in [4.69, 9.17) is 18.5 Å². The van der Waals surface area contributed by atoms with Crippen LogP contribution in [0, 0.1) is 27.7 Å². The van der Waals surface area contributed by atoms with Crippen molar-refractivity contribution in [1.29, 1.82) is 0 Å². The molecule has 0 spiro atoms. The van der Waals surface area contributed by atoms with Crippen LogP contribution in [-0.4, -0.2) is 57.7 Å². The monoisotopic (exact) mass is 909 g/mol. The molecule has 4 N–H and O–H groups in total. The zero-order valence-corrected chi connectivity index (χ0v) is 43.9. The van der Waals surface area contributed by atoms with Crippen LogP contribution in [0.1, 0.15) is 148 Å². The van der Waals surface area contributed by atoms with E-state index in [0.717, 1.165) is 44.5 Å². The Hall–Kier alpha value is -2.58. The summed E-state index contributed by atoms with van der Waals surface area (Å²) in [4.78, 5) is 53.4. The van der Waals surface area contributed by atoms with Gasteiger partial charge in [0.25, 0.3) is 0 Å². The topological polar surface area (TPSA) is 118 Å². The molecule has 0 bridgehead atoms. The van der Waals surface area contributed by atoms with E-state index in [1.807, 2.05) is 121 Å². The Bertz CT molecular complexity index is 2120. The summed E-state index contributed by atoms with van der Waals surface area (Å²) in [5.74, 6) is 0. The summed E-state index contributed by atoms with van der Waals surface area (Å²) < 4.78 is 26.1. The van der Waals surface area contributed by atoms with Gasteiger partial charge in [0.15, 0.2) is 0 Å². The molecule has 10 heteroatoms. The van der Waals surface area contributed by atoms with Gasteiger partial charge in [0.2, 0.25) is 0 Å². The van der Waals surface area contributed by atoms with Crippen LogP contribution in [0.3, 0.4) is 0 Å². The normalized spacial score (nSPS) is 16.2. The summed E-state index contributed by atoms with van der Waals surface area (Å²) in [6.45, 7) is 38.2. The molecule has 0 saturated carbocycles. The zero-order valence-electron chi connectivity index (χ0n) is 42.1. The Kier molecular flexibility index (Phi) is 15.4. The molecule has 4 aromatic carbocycles. The van der Waals surface area contributed by atoms with Crippen molar-refractivity contribution in [3.63, 3.8) is 0 Å². The van der Waals surface area contributed by atoms with Crippen molar-refractivity contribution < 1.29 is 38.1 Å². The van der Waals surface area contributed by atoms with Gasteiger partial charge in [-0.15, -0.1) is 0 Å². The van der Waals surface area contributed by atoms with E-state index in [1.54, 1.807) is 0 Å². The summed E-state index contributed by atoms with van der Waals surface area (Å²) in [6, 6.07) is 23.4. The summed E-state index contributed by atoms with van der Waals surface area (Å²) in [7, 11) is -10.8. The maximum atomic E-state index is 13.4. The number of ether oxygens (including phenoxy) is 2. The van der Waals surface area contributed by atoms with E-state index in [2.05, 4.69) is 83.1 Å². The molecule has 0 radical (unpaired) electrons. The van der Waals surface area contributed by atoms with Crippen LogP contribution in [0.2, 0.25) is 0 Å². The predicted molar refractivity (Wildman–Crippen MR) is 268 cm³/mol. The van der Waals surface area contributed by atoms with Crippen molar-refractivity contribution in [3.05, 3.63) is 117 Å². The molecule has 0 saturated heterocycles. The van der Waals surface area contributed by atoms with Crippen molar-refractivity contribution in [1.82, 2.24) is 0 Å². The Morgan fingerprint density at radius 3 is 0.937 bits per heavy atom. The van der Waals surface area contributed by atoms with Crippen LogP contribution in [0.15, 0.2) is 72.8 Å². The fourth-order valence-electron chi connectivity index (χ4n) is 8.97. The Labute approximate surface area is 381 Å². The average molecular weight is 909 g/mol. The van der Waals surface area contributed by atoms with Gasteiger partial charge in [-0.3, -0.25) is 0 Å². The number of benzene rings is 4. The Morgan fingerprint density at radius 1 is 0.397 bits per heavy atom. The van der Waals surface area contributed by atoms with Gasteiger partial charge >= 0.3 is 383 Å². The summed E-state index contributed by atoms with van der Waals surface area (Å²) >= 11 is 0. The zero-order chi connectivity index (χ0) is 48.0. The molecule has 352 valence electrons. The van der Waals surface area contributed by atoms with Crippen LogP contribution >= 0.6 is 14.6 Å². The third-order valence-corrected chi connectivity index (χ3v) is 19.0. The molecule has 4 rings (SSSR count). The minimum atomic E-state index is -5.40. The van der Waals surface area contributed by atoms with Crippen molar-refractivity contribution in [2.45, 2.75) is 172 Å². The van der Waals surface area contributed by atoms with Gasteiger partial charge in [0.05, 0.1) is 0 Å². The van der Waals surface area contributed by atoms with Gasteiger partial charge in [-0.25, -0.2) is 0 Å². The van der Waals surface area contributed by atoms with Gasteiger partial charge < -0.3 is 0 Å². The number of rotatable bonds is 15. The second kappa shape index (κ2) is 18.2. The summed E-state index contributed by atoms with van der Waals surface area (Å²) in [5, 5.41) is 1.72. The first-order valence-electron chi connectivity index (χ1n) is 22.6. The molecule has 3 atom stereocenters. The average Bonchev–Trinajstić information content (AvgIpc) is 3.13. The molecule has 63 heavy (non-hydrogen) atoms. The molecule has 0 aliphatic carbocycles. The molecule has 0 heterocycles. The van der Waals surface area contributed by atoms with E-state index in [1.165, 1.54) is 0 Å². The van der Waals surface area contributed by atoms with Crippen LogP contribution in [0.5, 0.6) is 0 Å². The van der Waals surface area contributed by atoms with Crippen LogP contribution in [-0.2, 0) is 40.2 Å². The molecule has 0 aliphatic heterocycles. The molecular weight excluding hydrogens is 827 g/mol. The van der Waals surface area contributed by atoms with Crippen LogP contribution in [0.25, 0.3) is 0 Å². The Morgan fingerprint density at radius 2 is 0.651 bits per heavy atom. The third kappa shape index (κ3) is 11.2. The second-order valence-corrected chi connectivity index (χ2v) is 28.3. The number of hydrogen-bond donors (Lipinski definition) is 4. The van der Waals surface area contributed by atoms with E-state index < -0.39 is 54.5 Å². The van der Waals surface area contributed by atoms with Crippen LogP contribution < -0.4 is 21.2 Å². The summed E-state index contributed by atoms with van der Waals surface area (Å²) in [5.41, 5.74) is 4.54. The van der Waals surface area contributed by atoms with Crippen molar-refractivity contribution >= 4 is 35.8 Å². The fourth-order valence-corrected chi connectivity index (χ4v) is 17.3. The van der Waals surface area contributed by atoms with Gasteiger partial charge in [-0.2, -0.15) is 0 Å². The first-order valence-corrected chi connectivity index (χ1v) is 26.7. The van der Waals surface area contributed by atoms with E-state index in [0.29, 0.717) is 21.2 Å². The van der Waals surface area contributed by atoms with Crippen molar-refractivity contribution in [2.75, 3.05) is 19.8 Å². The molecule has 3 unspecified atom stereocenters. The standard InChI is InChI=1S/C53H82O8P2/c1-35-24-20-28-42(50(8,9)10)46(35)62(54,55,47-36(2)25-21-29-43(47)51(11,12)13)60-34-40(6)58-32-39(5)59-33-41(7)61-63(56,57,48-37(3)26-22-30-44(48)52(14,15)16)49-38(4)27-23-31-45(49)53(17,18)19/h20-31,39-41,54-57H,32-34H2,1-19H3. The predicted octanol–water partition coefficient (Wildman–Crippen LogP) is 10.5. The van der Waals surface area contributed by atoms with Crippen molar-refractivity contribution in [3.8, 4) is 0 Å². The molecule has 0 aliphatic rings. The molecule has 4 aromatic rings. The quantitative estimate of drug-likeness (QED) is 0.0872. The fraction of sp³-hybridized carbons (Fsp3) is 0.547. The van der Waals surface area contributed by atoms with E-state index >= 15 is 0 Å². The van der Waals surface area contributed by atoms with Crippen LogP contribution in [0.4, 0.5) is 0 Å². The third-order valence-electron chi connectivity index (χ3n) is 12.0. The molecule has 0 fully saturated rings. The minimum absolute atomic E-state index is 0.0531. The van der Waals surface area contributed by atoms with E-state index in [-0.39, 0.29) is 19.8 Å². The van der Waals surface area contributed by atoms with Crippen molar-refractivity contribution in [2.24, 2.45) is 0 Å². The van der Waals surface area contributed by atoms with Gasteiger partial charge in [0, 0.05) is 0 Å². The molecule has 0 aromatic heterocycles. The first kappa shape index (κ1) is 53.0. The molecular formula is C53H82O8P2. The van der Waals surface area contributed by atoms with Gasteiger partial charge in [0.1, 0.15) is 0 Å². The molecule has 0 amide bonds. The van der Waals surface area contributed by atoms with E-state index in [9.17, 15) is 19.6 Å². The number of aryl methyl sites for hydroxylation is 4. The molecule has 8 nitrogen and oxygen atoms in total. The maximum absolute atomic E-state index is 13.4. The second-order valence-electron chi connectivity index (χ2n) is 22.3. The van der Waals surface area contributed by atoms with Gasteiger partial charge in [-0.1, -0.05) is 0 Å². The van der Waals surface area contributed by atoms with Gasteiger partial charge in [-0.05, 0) is 0 Å².